The molecule has 0 amide bonds. The third-order valence-corrected chi connectivity index (χ3v) is 1.56. The summed E-state index contributed by atoms with van der Waals surface area (Å²) in [6.07, 6.45) is -2.74. The zero-order valence-corrected chi connectivity index (χ0v) is 7.78. The van der Waals surface area contributed by atoms with Crippen molar-refractivity contribution in [2.45, 2.75) is 6.16 Å². The van der Waals surface area contributed by atoms with Crippen LogP contribution in [0.15, 0.2) is 24.3 Å². The van der Waals surface area contributed by atoms with Crippen molar-refractivity contribution in [3.63, 3.8) is 0 Å². The van der Waals surface area contributed by atoms with Crippen LogP contribution < -0.4 is 4.74 Å². The Morgan fingerprint density at radius 1 is 1.33 bits per heavy atom. The molecule has 7 nitrogen and oxygen atoms in total. The Bertz CT molecular complexity index is 347. The van der Waals surface area contributed by atoms with Gasteiger partial charge in [0.15, 0.2) is 0 Å². The fourth-order valence-electron chi connectivity index (χ4n) is 0.831. The molecule has 82 valence electrons. The van der Waals surface area contributed by atoms with Gasteiger partial charge < -0.3 is 14.9 Å². The van der Waals surface area contributed by atoms with E-state index in [4.69, 9.17) is 10.2 Å². The Hall–Kier alpha value is -1.70. The third kappa shape index (κ3) is 3.17. The highest BCUT2D eigenvalue weighted by atomic mass is 16.9. The molecule has 1 rings (SSSR count). The van der Waals surface area contributed by atoms with E-state index < -0.39 is 11.1 Å². The molecule has 0 aliphatic rings. The average Bonchev–Trinajstić information content (AvgIpc) is 2.18. The number of ether oxygens (including phenoxy) is 2. The number of aliphatic hydroxyl groups is 2. The maximum atomic E-state index is 10.3. The van der Waals surface area contributed by atoms with Crippen molar-refractivity contribution in [2.75, 3.05) is 7.11 Å². The van der Waals surface area contributed by atoms with E-state index >= 15 is 0 Å². The van der Waals surface area contributed by atoms with E-state index in [0.29, 0.717) is 0 Å². The zero-order chi connectivity index (χ0) is 11.5. The van der Waals surface area contributed by atoms with Crippen LogP contribution in [0.2, 0.25) is 0 Å². The largest absolute Gasteiger partial charge is 0.455 e. The van der Waals surface area contributed by atoms with Crippen LogP contribution in [-0.4, -0.2) is 28.4 Å². The van der Waals surface area contributed by atoms with Gasteiger partial charge in [0.05, 0.1) is 4.92 Å². The second-order valence-electron chi connectivity index (χ2n) is 2.61. The molecule has 0 radical (unpaired) electrons. The lowest BCUT2D eigenvalue weighted by Crippen LogP contribution is -2.37. The van der Waals surface area contributed by atoms with Crippen molar-refractivity contribution < 1.29 is 24.6 Å². The highest BCUT2D eigenvalue weighted by Crippen LogP contribution is 2.20. The van der Waals surface area contributed by atoms with Gasteiger partial charge in [-0.1, -0.05) is 0 Å². The molecule has 0 fully saturated rings. The second kappa shape index (κ2) is 4.22. The maximum absolute atomic E-state index is 10.3. The zero-order valence-electron chi connectivity index (χ0n) is 7.78. The fraction of sp³-hybridized carbons (Fsp3) is 0.250. The summed E-state index contributed by atoms with van der Waals surface area (Å²) >= 11 is 0. The SMILES string of the molecule is COC(O)(O)Oc1ccc([N+](=O)[O-])cc1. The number of rotatable bonds is 4. The minimum Gasteiger partial charge on any atom is -0.417 e. The van der Waals surface area contributed by atoms with Gasteiger partial charge >= 0.3 is 6.16 Å². The Morgan fingerprint density at radius 3 is 2.27 bits per heavy atom. The first-order valence-electron chi connectivity index (χ1n) is 3.88. The van der Waals surface area contributed by atoms with Gasteiger partial charge in [0.25, 0.3) is 5.69 Å². The average molecular weight is 215 g/mol. The molecule has 0 aliphatic heterocycles. The molecule has 1 aromatic carbocycles. The minimum absolute atomic E-state index is 0.0347. The molecule has 0 aromatic heterocycles. The minimum atomic E-state index is -2.74. The number of nitro groups is 1. The lowest BCUT2D eigenvalue weighted by molar-refractivity contribution is -0.429. The summed E-state index contributed by atoms with van der Waals surface area (Å²) in [6.45, 7) is 0. The molecule has 0 aliphatic carbocycles. The number of nitrogens with zero attached hydrogens (tertiary/aromatic N) is 1. The van der Waals surface area contributed by atoms with Crippen LogP contribution >= 0.6 is 0 Å². The molecule has 7 heteroatoms. The lowest BCUT2D eigenvalue weighted by atomic mass is 10.3. The van der Waals surface area contributed by atoms with E-state index in [1.54, 1.807) is 0 Å². The van der Waals surface area contributed by atoms with Gasteiger partial charge in [-0.25, -0.2) is 0 Å². The van der Waals surface area contributed by atoms with Crippen LogP contribution in [0.5, 0.6) is 5.75 Å². The van der Waals surface area contributed by atoms with Crippen LogP contribution in [0.25, 0.3) is 0 Å². The number of hydrogen-bond donors (Lipinski definition) is 2. The molecule has 0 saturated heterocycles. The van der Waals surface area contributed by atoms with Gasteiger partial charge in [-0.2, -0.15) is 0 Å². The monoisotopic (exact) mass is 215 g/mol. The number of nitro benzene ring substituents is 1. The molecule has 1 aromatic rings. The van der Waals surface area contributed by atoms with Crippen LogP contribution in [0.3, 0.4) is 0 Å². The Kier molecular flexibility index (Phi) is 3.20. The van der Waals surface area contributed by atoms with Crippen molar-refractivity contribution in [2.24, 2.45) is 0 Å². The van der Waals surface area contributed by atoms with E-state index in [1.165, 1.54) is 24.3 Å². The fourth-order valence-corrected chi connectivity index (χ4v) is 0.831. The maximum Gasteiger partial charge on any atom is 0.455 e. The summed E-state index contributed by atoms with van der Waals surface area (Å²) in [5, 5.41) is 28.2. The van der Waals surface area contributed by atoms with E-state index in [0.717, 1.165) is 7.11 Å². The number of methoxy groups -OCH3 is 1. The quantitative estimate of drug-likeness (QED) is 0.423. The Labute approximate surface area is 84.6 Å². The number of non-ortho nitro benzene ring substituents is 1. The van der Waals surface area contributed by atoms with E-state index in [9.17, 15) is 10.1 Å². The van der Waals surface area contributed by atoms with Gasteiger partial charge in [-0.05, 0) is 12.1 Å². The molecular weight excluding hydrogens is 206 g/mol. The Balaban J connectivity index is 2.77. The van der Waals surface area contributed by atoms with Gasteiger partial charge in [0, 0.05) is 19.2 Å². The van der Waals surface area contributed by atoms with Crippen molar-refractivity contribution in [3.05, 3.63) is 34.4 Å². The van der Waals surface area contributed by atoms with E-state index in [-0.39, 0.29) is 11.4 Å². The highest BCUT2D eigenvalue weighted by Gasteiger charge is 2.25. The summed E-state index contributed by atoms with van der Waals surface area (Å²) in [5.41, 5.74) is -0.124. The molecule has 0 bridgehead atoms. The standard InChI is InChI=1S/C8H9NO6/c1-14-8(10,11)15-7-4-2-6(3-5-7)9(12)13/h2-5,10-11H,1H3. The number of benzene rings is 1. The predicted octanol–water partition coefficient (Wildman–Crippen LogP) is 0.216. The van der Waals surface area contributed by atoms with Gasteiger partial charge in [0.2, 0.25) is 0 Å². The summed E-state index contributed by atoms with van der Waals surface area (Å²) in [6, 6.07) is 4.78. The molecule has 0 heterocycles. The van der Waals surface area contributed by atoms with E-state index in [2.05, 4.69) is 9.47 Å². The Morgan fingerprint density at radius 2 is 1.87 bits per heavy atom. The summed E-state index contributed by atoms with van der Waals surface area (Å²) in [4.78, 5) is 9.72. The van der Waals surface area contributed by atoms with Crippen LogP contribution in [0, 0.1) is 10.1 Å². The normalized spacial score (nSPS) is 11.1. The molecule has 0 saturated carbocycles. The molecule has 0 unspecified atom stereocenters. The van der Waals surface area contributed by atoms with Gasteiger partial charge in [-0.3, -0.25) is 14.9 Å². The first-order valence-corrected chi connectivity index (χ1v) is 3.88. The van der Waals surface area contributed by atoms with Crippen LogP contribution in [-0.2, 0) is 4.74 Å². The highest BCUT2D eigenvalue weighted by molar-refractivity contribution is 5.35. The lowest BCUT2D eigenvalue weighted by Gasteiger charge is -2.19. The van der Waals surface area contributed by atoms with E-state index in [1.807, 2.05) is 0 Å². The molecular formula is C8H9NO6. The predicted molar refractivity (Wildman–Crippen MR) is 47.9 cm³/mol. The van der Waals surface area contributed by atoms with Crippen molar-refractivity contribution >= 4 is 5.69 Å². The second-order valence-corrected chi connectivity index (χ2v) is 2.61. The van der Waals surface area contributed by atoms with Crippen LogP contribution in [0.4, 0.5) is 5.69 Å². The molecule has 0 atom stereocenters. The number of hydrogen-bond acceptors (Lipinski definition) is 6. The van der Waals surface area contributed by atoms with Crippen molar-refractivity contribution in [1.29, 1.82) is 0 Å². The van der Waals surface area contributed by atoms with Crippen molar-refractivity contribution in [3.8, 4) is 5.75 Å². The van der Waals surface area contributed by atoms with Crippen molar-refractivity contribution in [1.82, 2.24) is 0 Å². The summed E-state index contributed by atoms with van der Waals surface area (Å²) in [7, 11) is 1.03. The first kappa shape index (κ1) is 11.4. The van der Waals surface area contributed by atoms with Gasteiger partial charge in [0.1, 0.15) is 5.75 Å². The van der Waals surface area contributed by atoms with Gasteiger partial charge in [-0.15, -0.1) is 0 Å². The molecule has 15 heavy (non-hydrogen) atoms. The first-order chi connectivity index (χ1) is 6.94. The molecule has 0 spiro atoms. The summed E-state index contributed by atoms with van der Waals surface area (Å²) < 4.78 is 8.73. The smallest absolute Gasteiger partial charge is 0.417 e. The summed E-state index contributed by atoms with van der Waals surface area (Å²) in [5.74, 6) is 0.0347. The third-order valence-electron chi connectivity index (χ3n) is 1.56. The molecule has 2 N–H and O–H groups in total. The van der Waals surface area contributed by atoms with Crippen LogP contribution in [0.1, 0.15) is 0 Å². The topological polar surface area (TPSA) is 102 Å².